The van der Waals surface area contributed by atoms with Crippen LogP contribution in [-0.2, 0) is 13.1 Å². The number of nitrogens with zero attached hydrogens (tertiary/aromatic N) is 4. The highest BCUT2D eigenvalue weighted by Crippen LogP contribution is 2.44. The van der Waals surface area contributed by atoms with Gasteiger partial charge >= 0.3 is 5.97 Å². The van der Waals surface area contributed by atoms with E-state index in [4.69, 9.17) is 4.74 Å². The van der Waals surface area contributed by atoms with Crippen LogP contribution in [0.5, 0.6) is 5.75 Å². The second-order valence-electron chi connectivity index (χ2n) is 7.02. The van der Waals surface area contributed by atoms with Crippen molar-refractivity contribution in [3.05, 3.63) is 57.6 Å². The summed E-state index contributed by atoms with van der Waals surface area (Å²) in [6, 6.07) is 2.09. The number of ether oxygens (including phenoxy) is 1. The first kappa shape index (κ1) is 16.7. The van der Waals surface area contributed by atoms with E-state index in [-0.39, 0.29) is 29.6 Å². The first-order valence-corrected chi connectivity index (χ1v) is 8.76. The number of fused-ring (bicyclic) bond motifs is 1. The van der Waals surface area contributed by atoms with Gasteiger partial charge in [-0.1, -0.05) is 0 Å². The molecule has 3 aromatic rings. The molecular weight excluding hydrogens is 367 g/mol. The van der Waals surface area contributed by atoms with Crippen molar-refractivity contribution in [1.82, 2.24) is 14.5 Å². The van der Waals surface area contributed by atoms with Crippen LogP contribution in [0.15, 0.2) is 29.5 Å². The van der Waals surface area contributed by atoms with Gasteiger partial charge in [0.1, 0.15) is 24.2 Å². The number of benzene rings is 1. The van der Waals surface area contributed by atoms with Gasteiger partial charge in [0.2, 0.25) is 0 Å². The number of halogens is 1. The van der Waals surface area contributed by atoms with E-state index in [1.54, 1.807) is 18.0 Å². The molecule has 9 heteroatoms. The Labute approximate surface area is 157 Å². The van der Waals surface area contributed by atoms with Gasteiger partial charge in [-0.15, -0.1) is 0 Å². The molecule has 4 heterocycles. The zero-order valence-electron chi connectivity index (χ0n) is 14.8. The molecule has 2 aliphatic rings. The molecule has 0 aliphatic carbocycles. The predicted octanol–water partition coefficient (Wildman–Crippen LogP) is 2.10. The fraction of sp³-hybridized carbons (Fsp3) is 0.263. The summed E-state index contributed by atoms with van der Waals surface area (Å²) in [5.74, 6) is -1.63. The summed E-state index contributed by atoms with van der Waals surface area (Å²) in [5.41, 5.74) is 1.36. The van der Waals surface area contributed by atoms with Gasteiger partial charge in [0.25, 0.3) is 5.56 Å². The molecule has 0 saturated heterocycles. The highest BCUT2D eigenvalue weighted by molar-refractivity contribution is 5.97. The third kappa shape index (κ3) is 2.22. The average Bonchev–Trinajstić information content (AvgIpc) is 3.08. The molecule has 0 amide bonds. The third-order valence-electron chi connectivity index (χ3n) is 5.24. The zero-order chi connectivity index (χ0) is 19.6. The Balaban J connectivity index is 1.78. The molecule has 28 heavy (non-hydrogen) atoms. The Morgan fingerprint density at radius 2 is 2.18 bits per heavy atom. The largest absolute Gasteiger partial charge is 0.487 e. The van der Waals surface area contributed by atoms with Crippen LogP contribution in [0.25, 0.3) is 10.9 Å². The molecule has 0 radical (unpaired) electrons. The van der Waals surface area contributed by atoms with Crippen LogP contribution in [0.1, 0.15) is 34.6 Å². The lowest BCUT2D eigenvalue weighted by molar-refractivity contribution is 0.0694. The number of anilines is 1. The van der Waals surface area contributed by atoms with E-state index in [1.165, 1.54) is 23.0 Å². The summed E-state index contributed by atoms with van der Waals surface area (Å²) in [6.07, 6.45) is 3.15. The first-order chi connectivity index (χ1) is 13.5. The fourth-order valence-corrected chi connectivity index (χ4v) is 3.97. The zero-order valence-corrected chi connectivity index (χ0v) is 14.8. The topological polar surface area (TPSA) is 97.6 Å². The van der Waals surface area contributed by atoms with Crippen LogP contribution in [-0.4, -0.2) is 32.2 Å². The average molecular weight is 382 g/mol. The maximum absolute atomic E-state index is 15.1. The summed E-state index contributed by atoms with van der Waals surface area (Å²) in [5, 5.41) is 9.67. The minimum atomic E-state index is -1.34. The van der Waals surface area contributed by atoms with Gasteiger partial charge in [0.15, 0.2) is 11.6 Å². The van der Waals surface area contributed by atoms with Crippen molar-refractivity contribution in [3.63, 3.8) is 0 Å². The third-order valence-corrected chi connectivity index (χ3v) is 5.24. The van der Waals surface area contributed by atoms with Crippen LogP contribution in [0.4, 0.5) is 10.1 Å². The number of aromatic nitrogens is 3. The summed E-state index contributed by atoms with van der Waals surface area (Å²) >= 11 is 0. The monoisotopic (exact) mass is 382 g/mol. The van der Waals surface area contributed by atoms with Gasteiger partial charge in [0, 0.05) is 23.7 Å². The van der Waals surface area contributed by atoms with Crippen molar-refractivity contribution >= 4 is 22.6 Å². The lowest BCUT2D eigenvalue weighted by atomic mass is 10.1. The number of carboxylic acids is 1. The number of hydrogen-bond acceptors (Lipinski definition) is 6. The molecule has 0 spiro atoms. The van der Waals surface area contributed by atoms with Crippen LogP contribution in [0.2, 0.25) is 0 Å². The Morgan fingerprint density at radius 3 is 2.93 bits per heavy atom. The molecule has 142 valence electrons. The van der Waals surface area contributed by atoms with E-state index in [9.17, 15) is 14.7 Å². The minimum absolute atomic E-state index is 0.141. The van der Waals surface area contributed by atoms with E-state index in [0.29, 0.717) is 24.0 Å². The smallest absolute Gasteiger partial charge is 0.341 e. The number of rotatable bonds is 2. The summed E-state index contributed by atoms with van der Waals surface area (Å²) in [4.78, 5) is 34.3. The van der Waals surface area contributed by atoms with Crippen molar-refractivity contribution < 1.29 is 19.0 Å². The molecule has 2 aliphatic heterocycles. The number of aromatic carboxylic acids is 1. The Bertz CT molecular complexity index is 1200. The van der Waals surface area contributed by atoms with Gasteiger partial charge < -0.3 is 14.7 Å². The number of pyridine rings is 1. The van der Waals surface area contributed by atoms with Crippen molar-refractivity contribution in [3.8, 4) is 5.75 Å². The summed E-state index contributed by atoms with van der Waals surface area (Å²) in [6.45, 7) is 2.72. The first-order valence-electron chi connectivity index (χ1n) is 8.76. The van der Waals surface area contributed by atoms with Gasteiger partial charge in [-0.3, -0.25) is 9.36 Å². The molecule has 0 bridgehead atoms. The number of hydrogen-bond donors (Lipinski definition) is 1. The Kier molecular flexibility index (Phi) is 3.42. The molecule has 1 aromatic carbocycles. The minimum Gasteiger partial charge on any atom is -0.487 e. The summed E-state index contributed by atoms with van der Waals surface area (Å²) in [7, 11) is 0. The van der Waals surface area contributed by atoms with Crippen LogP contribution in [0.3, 0.4) is 0 Å². The molecule has 5 rings (SSSR count). The molecular formula is C19H15FN4O4. The Hall–Kier alpha value is -3.49. The van der Waals surface area contributed by atoms with Gasteiger partial charge in [-0.2, -0.15) is 0 Å². The number of carboxylic acid groups (broad SMARTS) is 1. The predicted molar refractivity (Wildman–Crippen MR) is 97.3 cm³/mol. The van der Waals surface area contributed by atoms with Crippen LogP contribution in [0, 0.1) is 5.82 Å². The van der Waals surface area contributed by atoms with E-state index < -0.39 is 17.3 Å². The molecule has 0 fully saturated rings. The van der Waals surface area contributed by atoms with E-state index in [1.807, 2.05) is 0 Å². The Morgan fingerprint density at radius 1 is 1.36 bits per heavy atom. The number of carbonyl (C=O) groups is 1. The maximum Gasteiger partial charge on any atom is 0.341 e. The van der Waals surface area contributed by atoms with E-state index in [0.717, 1.165) is 11.3 Å². The van der Waals surface area contributed by atoms with Crippen LogP contribution < -0.4 is 15.2 Å². The van der Waals surface area contributed by atoms with Gasteiger partial charge in [-0.05, 0) is 19.1 Å². The quantitative estimate of drug-likeness (QED) is 0.725. The fourth-order valence-electron chi connectivity index (χ4n) is 3.97. The standard InChI is InChI=1S/C19H15FN4O4/c1-9-7-28-17-15-10(2-12(19(26)27)18(25)24(9)15)3-13(20)16(17)23-5-11-4-21-8-22-14(11)6-23/h2-4,8-9H,5-7H2,1H3,(H,26,27)/t9-/m0/s1. The maximum atomic E-state index is 15.1. The van der Waals surface area contributed by atoms with Gasteiger partial charge in [-0.25, -0.2) is 19.2 Å². The molecule has 0 saturated carbocycles. The van der Waals surface area contributed by atoms with Crippen molar-refractivity contribution in [2.75, 3.05) is 11.5 Å². The second-order valence-corrected chi connectivity index (χ2v) is 7.02. The normalized spacial score (nSPS) is 17.5. The van der Waals surface area contributed by atoms with E-state index in [2.05, 4.69) is 9.97 Å². The van der Waals surface area contributed by atoms with Crippen molar-refractivity contribution in [1.29, 1.82) is 0 Å². The molecule has 1 N–H and O–H groups in total. The second kappa shape index (κ2) is 5.75. The van der Waals surface area contributed by atoms with Gasteiger partial charge in [0.05, 0.1) is 23.8 Å². The van der Waals surface area contributed by atoms with Crippen molar-refractivity contribution in [2.45, 2.75) is 26.1 Å². The molecule has 1 atom stereocenters. The lowest BCUT2D eigenvalue weighted by Crippen LogP contribution is -2.34. The summed E-state index contributed by atoms with van der Waals surface area (Å²) < 4.78 is 22.4. The SMILES string of the molecule is C[C@H]1COc2c(N3Cc4cncnc4C3)c(F)cc3cc(C(=O)O)c(=O)n1c23. The molecule has 8 nitrogen and oxygen atoms in total. The van der Waals surface area contributed by atoms with Crippen LogP contribution >= 0.6 is 0 Å². The van der Waals surface area contributed by atoms with E-state index >= 15 is 4.39 Å². The molecule has 0 unspecified atom stereocenters. The highest BCUT2D eigenvalue weighted by Gasteiger charge is 2.32. The highest BCUT2D eigenvalue weighted by atomic mass is 19.1. The molecule has 2 aromatic heterocycles. The van der Waals surface area contributed by atoms with Crippen molar-refractivity contribution in [2.24, 2.45) is 0 Å². The lowest BCUT2D eigenvalue weighted by Gasteiger charge is -2.30.